The summed E-state index contributed by atoms with van der Waals surface area (Å²) in [4.78, 5) is 0. The molecule has 0 aliphatic carbocycles. The first kappa shape index (κ1) is 9.44. The first-order valence-electron chi connectivity index (χ1n) is 3.48. The van der Waals surface area contributed by atoms with Crippen molar-refractivity contribution in [1.82, 2.24) is 0 Å². The lowest BCUT2D eigenvalue weighted by molar-refractivity contribution is 1.66. The van der Waals surface area contributed by atoms with Crippen molar-refractivity contribution < 1.29 is 0 Å². The third kappa shape index (κ3) is 2.83. The summed E-state index contributed by atoms with van der Waals surface area (Å²) in [7, 11) is -1.14. The van der Waals surface area contributed by atoms with Crippen LogP contribution in [0.5, 0.6) is 0 Å². The monoisotopic (exact) mass is 152 g/mol. The average molecular weight is 152 g/mol. The van der Waals surface area contributed by atoms with Crippen molar-refractivity contribution in [3.05, 3.63) is 36.6 Å². The van der Waals surface area contributed by atoms with Gasteiger partial charge in [0.2, 0.25) is 0 Å². The van der Waals surface area contributed by atoms with Gasteiger partial charge in [0.1, 0.15) is 0 Å². The minimum Gasteiger partial charge on any atom is -0.0992 e. The number of allylic oxidation sites excluding steroid dienone is 4. The average Bonchev–Trinajstić information content (AvgIpc) is 1.80. The molecule has 0 heterocycles. The van der Waals surface area contributed by atoms with Crippen molar-refractivity contribution >= 4 is 8.07 Å². The molecule has 0 nitrogen and oxygen atoms in total. The predicted molar refractivity (Wildman–Crippen MR) is 51.8 cm³/mol. The molecule has 0 amide bonds. The summed E-state index contributed by atoms with van der Waals surface area (Å²) in [6.45, 7) is 14.3. The quantitative estimate of drug-likeness (QED) is 0.430. The molecule has 0 aliphatic heterocycles. The van der Waals surface area contributed by atoms with Gasteiger partial charge < -0.3 is 0 Å². The Balaban J connectivity index is 4.51. The zero-order valence-electron chi connectivity index (χ0n) is 7.15. The minimum absolute atomic E-state index is 1.14. The van der Waals surface area contributed by atoms with Crippen molar-refractivity contribution in [3.63, 3.8) is 0 Å². The van der Waals surface area contributed by atoms with E-state index in [0.29, 0.717) is 0 Å². The fourth-order valence-corrected chi connectivity index (χ4v) is 1.98. The van der Waals surface area contributed by atoms with E-state index in [1.165, 1.54) is 5.20 Å². The zero-order chi connectivity index (χ0) is 8.20. The lowest BCUT2D eigenvalue weighted by Crippen LogP contribution is -2.22. The maximum Gasteiger partial charge on any atom is 0.0775 e. The highest BCUT2D eigenvalue weighted by Crippen LogP contribution is 2.14. The second-order valence-corrected chi connectivity index (χ2v) is 8.39. The van der Waals surface area contributed by atoms with Gasteiger partial charge in [-0.1, -0.05) is 56.2 Å². The molecule has 0 aliphatic rings. The first-order chi connectivity index (χ1) is 4.52. The number of hydrogen-bond acceptors (Lipinski definition) is 0. The van der Waals surface area contributed by atoms with Gasteiger partial charge in [0.15, 0.2) is 0 Å². The molecule has 0 saturated heterocycles. The lowest BCUT2D eigenvalue weighted by Gasteiger charge is -2.16. The largest absolute Gasteiger partial charge is 0.0992 e. The van der Waals surface area contributed by atoms with Crippen LogP contribution in [0.25, 0.3) is 0 Å². The Morgan fingerprint density at radius 3 is 1.80 bits per heavy atom. The number of hydrogen-bond donors (Lipinski definition) is 0. The Kier molecular flexibility index (Phi) is 3.37. The summed E-state index contributed by atoms with van der Waals surface area (Å²) >= 11 is 0. The van der Waals surface area contributed by atoms with E-state index in [1.807, 2.05) is 12.2 Å². The van der Waals surface area contributed by atoms with Crippen LogP contribution >= 0.6 is 0 Å². The molecule has 0 bridgehead atoms. The van der Waals surface area contributed by atoms with Crippen molar-refractivity contribution in [2.75, 3.05) is 0 Å². The summed E-state index contributed by atoms with van der Waals surface area (Å²) in [5.41, 5.74) is 0. The summed E-state index contributed by atoms with van der Waals surface area (Å²) in [6.07, 6.45) is 5.82. The summed E-state index contributed by atoms with van der Waals surface area (Å²) in [6, 6.07) is 0. The molecule has 56 valence electrons. The molecule has 0 aromatic rings. The SMILES string of the molecule is C=C/C=C(\C=C)[Si](C)(C)C. The molecule has 0 atom stereocenters. The van der Waals surface area contributed by atoms with Crippen LogP contribution in [0.4, 0.5) is 0 Å². The van der Waals surface area contributed by atoms with Crippen molar-refractivity contribution in [1.29, 1.82) is 0 Å². The van der Waals surface area contributed by atoms with Crippen LogP contribution < -0.4 is 0 Å². The molecule has 0 aromatic carbocycles. The minimum atomic E-state index is -1.14. The highest BCUT2D eigenvalue weighted by atomic mass is 28.3. The van der Waals surface area contributed by atoms with E-state index >= 15 is 0 Å². The van der Waals surface area contributed by atoms with Crippen molar-refractivity contribution in [3.8, 4) is 0 Å². The molecule has 0 fully saturated rings. The van der Waals surface area contributed by atoms with Crippen LogP contribution in [0.3, 0.4) is 0 Å². The van der Waals surface area contributed by atoms with E-state index in [2.05, 4.69) is 38.9 Å². The van der Waals surface area contributed by atoms with E-state index in [0.717, 1.165) is 0 Å². The highest BCUT2D eigenvalue weighted by molar-refractivity contribution is 6.83. The normalized spacial score (nSPS) is 12.9. The summed E-state index contributed by atoms with van der Waals surface area (Å²) in [5.74, 6) is 0. The van der Waals surface area contributed by atoms with Crippen LogP contribution in [0.15, 0.2) is 36.6 Å². The van der Waals surface area contributed by atoms with Gasteiger partial charge in [0.25, 0.3) is 0 Å². The van der Waals surface area contributed by atoms with Crippen LogP contribution in [0.2, 0.25) is 19.6 Å². The molecule has 0 rings (SSSR count). The Bertz CT molecular complexity index is 158. The lowest BCUT2D eigenvalue weighted by atomic mass is 10.5. The van der Waals surface area contributed by atoms with Crippen LogP contribution in [-0.2, 0) is 0 Å². The van der Waals surface area contributed by atoms with E-state index in [4.69, 9.17) is 0 Å². The molecule has 0 radical (unpaired) electrons. The molecule has 1 heteroatoms. The maximum absolute atomic E-state index is 3.76. The standard InChI is InChI=1S/C9H16Si/c1-6-8-9(7-2)10(3,4)5/h6-8H,1-2H2,3-5H3/b9-8+. The van der Waals surface area contributed by atoms with Gasteiger partial charge in [0, 0.05) is 0 Å². The third-order valence-electron chi connectivity index (χ3n) is 1.38. The van der Waals surface area contributed by atoms with E-state index in [1.54, 1.807) is 0 Å². The number of rotatable bonds is 3. The molecule has 0 spiro atoms. The molecule has 0 unspecified atom stereocenters. The topological polar surface area (TPSA) is 0 Å². The Morgan fingerprint density at radius 1 is 1.20 bits per heavy atom. The molecule has 0 aromatic heterocycles. The second-order valence-electron chi connectivity index (χ2n) is 3.31. The van der Waals surface area contributed by atoms with Gasteiger partial charge in [-0.25, -0.2) is 0 Å². The Labute approximate surface area is 65.0 Å². The highest BCUT2D eigenvalue weighted by Gasteiger charge is 2.15. The van der Waals surface area contributed by atoms with Gasteiger partial charge in [-0.05, 0) is 0 Å². The molecular weight excluding hydrogens is 136 g/mol. The first-order valence-corrected chi connectivity index (χ1v) is 6.98. The van der Waals surface area contributed by atoms with Crippen LogP contribution in [-0.4, -0.2) is 8.07 Å². The van der Waals surface area contributed by atoms with E-state index in [9.17, 15) is 0 Å². The van der Waals surface area contributed by atoms with Crippen LogP contribution in [0, 0.1) is 0 Å². The predicted octanol–water partition coefficient (Wildman–Crippen LogP) is 3.16. The Hall–Kier alpha value is -0.563. The van der Waals surface area contributed by atoms with E-state index in [-0.39, 0.29) is 0 Å². The maximum atomic E-state index is 3.76. The van der Waals surface area contributed by atoms with Crippen molar-refractivity contribution in [2.45, 2.75) is 19.6 Å². The third-order valence-corrected chi connectivity index (χ3v) is 3.49. The fourth-order valence-electron chi connectivity index (χ4n) is 0.751. The molecule has 10 heavy (non-hydrogen) atoms. The fraction of sp³-hybridized carbons (Fsp3) is 0.333. The van der Waals surface area contributed by atoms with Gasteiger partial charge in [-0.2, -0.15) is 0 Å². The molecule has 0 saturated carbocycles. The van der Waals surface area contributed by atoms with Gasteiger partial charge in [-0.15, -0.1) is 0 Å². The van der Waals surface area contributed by atoms with Gasteiger partial charge >= 0.3 is 0 Å². The second kappa shape index (κ2) is 3.57. The van der Waals surface area contributed by atoms with Crippen molar-refractivity contribution in [2.24, 2.45) is 0 Å². The van der Waals surface area contributed by atoms with Gasteiger partial charge in [0.05, 0.1) is 8.07 Å². The molecular formula is C9H16Si. The smallest absolute Gasteiger partial charge is 0.0775 e. The van der Waals surface area contributed by atoms with E-state index < -0.39 is 8.07 Å². The van der Waals surface area contributed by atoms with Gasteiger partial charge in [-0.3, -0.25) is 0 Å². The van der Waals surface area contributed by atoms with Crippen LogP contribution in [0.1, 0.15) is 0 Å². The summed E-state index contributed by atoms with van der Waals surface area (Å²) < 4.78 is 0. The molecule has 0 N–H and O–H groups in total. The Morgan fingerprint density at radius 2 is 1.70 bits per heavy atom. The summed E-state index contributed by atoms with van der Waals surface area (Å²) in [5, 5.41) is 1.36. The zero-order valence-corrected chi connectivity index (χ0v) is 8.15.